The number of rotatable bonds is 2. The van der Waals surface area contributed by atoms with Gasteiger partial charge in [-0.2, -0.15) is 13.2 Å². The van der Waals surface area contributed by atoms with Crippen molar-refractivity contribution >= 4 is 17.6 Å². The smallest absolute Gasteiger partial charge is 0.413 e. The van der Waals surface area contributed by atoms with Crippen LogP contribution in [-0.2, 0) is 9.53 Å². The SMILES string of the molecule is CCOC(=O)C1CC=C(Cl)C=C1C(F)(F)F. The molecule has 2 nitrogen and oxygen atoms in total. The number of hydrogen-bond acceptors (Lipinski definition) is 2. The standard InChI is InChI=1S/C10H10ClF3O2/c1-2-16-9(15)7-4-3-6(11)5-8(7)10(12,13)14/h3,5,7H,2,4H2,1H3. The van der Waals surface area contributed by atoms with Crippen LogP contribution in [0.5, 0.6) is 0 Å². The van der Waals surface area contributed by atoms with Gasteiger partial charge >= 0.3 is 12.1 Å². The van der Waals surface area contributed by atoms with Crippen LogP contribution in [0.25, 0.3) is 0 Å². The highest BCUT2D eigenvalue weighted by atomic mass is 35.5. The molecular weight excluding hydrogens is 245 g/mol. The van der Waals surface area contributed by atoms with Crippen LogP contribution in [0.1, 0.15) is 13.3 Å². The van der Waals surface area contributed by atoms with E-state index in [0.717, 1.165) is 6.08 Å². The van der Waals surface area contributed by atoms with Crippen molar-refractivity contribution in [2.45, 2.75) is 19.5 Å². The van der Waals surface area contributed by atoms with Crippen LogP contribution in [0.15, 0.2) is 22.8 Å². The molecule has 0 bridgehead atoms. The molecule has 1 rings (SSSR count). The quantitative estimate of drug-likeness (QED) is 0.708. The van der Waals surface area contributed by atoms with E-state index in [4.69, 9.17) is 11.6 Å². The number of hydrogen-bond donors (Lipinski definition) is 0. The molecule has 0 radical (unpaired) electrons. The molecule has 0 heterocycles. The predicted octanol–water partition coefficient (Wildman–Crippen LogP) is 3.18. The summed E-state index contributed by atoms with van der Waals surface area (Å²) >= 11 is 5.50. The third-order valence-corrected chi connectivity index (χ3v) is 2.38. The first-order valence-corrected chi connectivity index (χ1v) is 5.05. The van der Waals surface area contributed by atoms with E-state index in [0.29, 0.717) is 0 Å². The Morgan fingerprint density at radius 1 is 1.62 bits per heavy atom. The van der Waals surface area contributed by atoms with Gasteiger partial charge in [0.25, 0.3) is 0 Å². The van der Waals surface area contributed by atoms with Crippen LogP contribution in [0.2, 0.25) is 0 Å². The highest BCUT2D eigenvalue weighted by molar-refractivity contribution is 6.31. The van der Waals surface area contributed by atoms with E-state index in [1.165, 1.54) is 6.08 Å². The van der Waals surface area contributed by atoms with E-state index in [9.17, 15) is 18.0 Å². The molecule has 0 saturated heterocycles. The van der Waals surface area contributed by atoms with Crippen LogP contribution >= 0.6 is 11.6 Å². The number of ether oxygens (including phenoxy) is 1. The molecule has 0 aliphatic heterocycles. The minimum atomic E-state index is -4.56. The number of alkyl halides is 3. The highest BCUT2D eigenvalue weighted by Gasteiger charge is 2.43. The van der Waals surface area contributed by atoms with E-state index in [1.54, 1.807) is 6.92 Å². The molecule has 16 heavy (non-hydrogen) atoms. The summed E-state index contributed by atoms with van der Waals surface area (Å²) in [6.45, 7) is 1.60. The van der Waals surface area contributed by atoms with Gasteiger partial charge in [0.05, 0.1) is 12.5 Å². The third-order valence-electron chi connectivity index (χ3n) is 2.12. The maximum absolute atomic E-state index is 12.6. The van der Waals surface area contributed by atoms with E-state index in [-0.39, 0.29) is 18.1 Å². The molecule has 1 aliphatic carbocycles. The molecule has 0 saturated carbocycles. The van der Waals surface area contributed by atoms with Crippen molar-refractivity contribution in [1.82, 2.24) is 0 Å². The van der Waals surface area contributed by atoms with Gasteiger partial charge in [-0.25, -0.2) is 0 Å². The van der Waals surface area contributed by atoms with Crippen molar-refractivity contribution in [3.63, 3.8) is 0 Å². The van der Waals surface area contributed by atoms with E-state index in [1.807, 2.05) is 0 Å². The van der Waals surface area contributed by atoms with Gasteiger partial charge in [0.15, 0.2) is 0 Å². The summed E-state index contributed by atoms with van der Waals surface area (Å²) in [6.07, 6.45) is -2.50. The lowest BCUT2D eigenvalue weighted by atomic mass is 9.91. The molecule has 0 aromatic rings. The summed E-state index contributed by atoms with van der Waals surface area (Å²) < 4.78 is 42.4. The lowest BCUT2D eigenvalue weighted by Crippen LogP contribution is -2.29. The van der Waals surface area contributed by atoms with E-state index < -0.39 is 23.6 Å². The average Bonchev–Trinajstić information content (AvgIpc) is 2.16. The van der Waals surface area contributed by atoms with Crippen LogP contribution < -0.4 is 0 Å². The van der Waals surface area contributed by atoms with Crippen molar-refractivity contribution in [1.29, 1.82) is 0 Å². The van der Waals surface area contributed by atoms with Gasteiger partial charge in [-0.1, -0.05) is 17.7 Å². The zero-order chi connectivity index (χ0) is 12.3. The second kappa shape index (κ2) is 4.91. The summed E-state index contributed by atoms with van der Waals surface area (Å²) in [5, 5.41) is -0.00660. The zero-order valence-electron chi connectivity index (χ0n) is 8.47. The number of carbonyl (C=O) groups is 1. The Hall–Kier alpha value is -0.970. The molecule has 0 N–H and O–H groups in total. The molecule has 0 aromatic heterocycles. The Balaban J connectivity index is 2.96. The second-order valence-corrected chi connectivity index (χ2v) is 3.66. The minimum Gasteiger partial charge on any atom is -0.466 e. The predicted molar refractivity (Wildman–Crippen MR) is 52.8 cm³/mol. The van der Waals surface area contributed by atoms with Crippen LogP contribution in [0.4, 0.5) is 13.2 Å². The first kappa shape index (κ1) is 13.1. The third kappa shape index (κ3) is 3.01. The lowest BCUT2D eigenvalue weighted by molar-refractivity contribution is -0.151. The fourth-order valence-corrected chi connectivity index (χ4v) is 1.62. The molecule has 0 fully saturated rings. The lowest BCUT2D eigenvalue weighted by Gasteiger charge is -2.22. The molecule has 1 unspecified atom stereocenters. The minimum absolute atomic E-state index is 0.00660. The maximum Gasteiger partial charge on any atom is 0.413 e. The van der Waals surface area contributed by atoms with Gasteiger partial charge in [-0.3, -0.25) is 4.79 Å². The number of esters is 1. The van der Waals surface area contributed by atoms with Crippen LogP contribution in [-0.4, -0.2) is 18.8 Å². The summed E-state index contributed by atoms with van der Waals surface area (Å²) in [5.41, 5.74) is -0.946. The number of halogens is 4. The Bertz CT molecular complexity index is 344. The van der Waals surface area contributed by atoms with Gasteiger partial charge in [0.2, 0.25) is 0 Å². The molecular formula is C10H10ClF3O2. The Morgan fingerprint density at radius 2 is 2.25 bits per heavy atom. The first-order valence-electron chi connectivity index (χ1n) is 4.67. The Kier molecular flexibility index (Phi) is 4.02. The van der Waals surface area contributed by atoms with Crippen molar-refractivity contribution in [2.75, 3.05) is 6.61 Å². The van der Waals surface area contributed by atoms with Crippen molar-refractivity contribution in [2.24, 2.45) is 5.92 Å². The first-order chi connectivity index (χ1) is 7.36. The fraction of sp³-hybridized carbons (Fsp3) is 0.500. The fourth-order valence-electron chi connectivity index (χ4n) is 1.41. The van der Waals surface area contributed by atoms with E-state index >= 15 is 0 Å². The summed E-state index contributed by atoms with van der Waals surface area (Å²) in [6, 6.07) is 0. The Labute approximate surface area is 95.7 Å². The van der Waals surface area contributed by atoms with Crippen molar-refractivity contribution in [3.05, 3.63) is 22.8 Å². The molecule has 0 spiro atoms. The van der Waals surface area contributed by atoms with Gasteiger partial charge in [0.1, 0.15) is 0 Å². The molecule has 0 amide bonds. The topological polar surface area (TPSA) is 26.3 Å². The molecule has 6 heteroatoms. The van der Waals surface area contributed by atoms with Gasteiger partial charge < -0.3 is 4.74 Å². The van der Waals surface area contributed by atoms with E-state index in [2.05, 4.69) is 4.74 Å². The number of allylic oxidation sites excluding steroid dienone is 3. The number of carbonyl (C=O) groups excluding carboxylic acids is 1. The van der Waals surface area contributed by atoms with Gasteiger partial charge in [-0.05, 0) is 19.4 Å². The molecule has 0 aromatic carbocycles. The largest absolute Gasteiger partial charge is 0.466 e. The summed E-state index contributed by atoms with van der Waals surface area (Å²) in [7, 11) is 0. The average molecular weight is 255 g/mol. The highest BCUT2D eigenvalue weighted by Crippen LogP contribution is 2.38. The monoisotopic (exact) mass is 254 g/mol. The van der Waals surface area contributed by atoms with Crippen LogP contribution in [0.3, 0.4) is 0 Å². The molecule has 1 aliphatic rings. The van der Waals surface area contributed by atoms with Gasteiger partial charge in [-0.15, -0.1) is 0 Å². The maximum atomic E-state index is 12.6. The van der Waals surface area contributed by atoms with Crippen LogP contribution in [0, 0.1) is 5.92 Å². The van der Waals surface area contributed by atoms with Crippen molar-refractivity contribution in [3.8, 4) is 0 Å². The molecule has 90 valence electrons. The summed E-state index contributed by atoms with van der Waals surface area (Å²) in [4.78, 5) is 11.3. The normalized spacial score (nSPS) is 21.2. The summed E-state index contributed by atoms with van der Waals surface area (Å²) in [5.74, 6) is -2.17. The Morgan fingerprint density at radius 3 is 2.75 bits per heavy atom. The van der Waals surface area contributed by atoms with Crippen molar-refractivity contribution < 1.29 is 22.7 Å². The zero-order valence-corrected chi connectivity index (χ0v) is 9.23. The second-order valence-electron chi connectivity index (χ2n) is 3.23. The molecule has 1 atom stereocenters. The van der Waals surface area contributed by atoms with Gasteiger partial charge in [0, 0.05) is 10.6 Å².